The quantitative estimate of drug-likeness (QED) is 0.484. The minimum absolute atomic E-state index is 0.0137. The zero-order chi connectivity index (χ0) is 22.4. The Morgan fingerprint density at radius 1 is 1.00 bits per heavy atom. The van der Waals surface area contributed by atoms with Gasteiger partial charge in [-0.2, -0.15) is 4.98 Å². The van der Waals surface area contributed by atoms with Crippen molar-refractivity contribution in [3.8, 4) is 11.4 Å². The third-order valence-electron chi connectivity index (χ3n) is 5.60. The number of fused-ring (bicyclic) bond motifs is 1. The van der Waals surface area contributed by atoms with Crippen LogP contribution < -0.4 is 5.32 Å². The van der Waals surface area contributed by atoms with Gasteiger partial charge in [0, 0.05) is 47.5 Å². The van der Waals surface area contributed by atoms with E-state index in [1.807, 2.05) is 0 Å². The average Bonchev–Trinajstić information content (AvgIpc) is 3.22. The normalized spacial score (nSPS) is 17.4. The molecule has 160 valence electrons. The van der Waals surface area contributed by atoms with Gasteiger partial charge in [-0.3, -0.25) is 25.0 Å². The Balaban J connectivity index is 1.64. The summed E-state index contributed by atoms with van der Waals surface area (Å²) < 4.78 is 1.57. The number of anilines is 1. The highest BCUT2D eigenvalue weighted by atomic mass is 16.6. The third-order valence-corrected chi connectivity index (χ3v) is 5.60. The van der Waals surface area contributed by atoms with Crippen LogP contribution in [0.2, 0.25) is 0 Å². The van der Waals surface area contributed by atoms with E-state index in [1.54, 1.807) is 28.9 Å². The first-order chi connectivity index (χ1) is 15.4. The van der Waals surface area contributed by atoms with E-state index in [0.717, 1.165) is 5.70 Å². The van der Waals surface area contributed by atoms with Gasteiger partial charge in [-0.25, -0.2) is 4.68 Å². The molecule has 3 aromatic rings. The van der Waals surface area contributed by atoms with Crippen LogP contribution >= 0.6 is 0 Å². The van der Waals surface area contributed by atoms with Gasteiger partial charge in [0.15, 0.2) is 11.6 Å². The predicted molar refractivity (Wildman–Crippen MR) is 113 cm³/mol. The highest BCUT2D eigenvalue weighted by molar-refractivity contribution is 5.99. The van der Waals surface area contributed by atoms with Crippen molar-refractivity contribution in [3.05, 3.63) is 85.6 Å². The molecule has 1 unspecified atom stereocenters. The smallest absolute Gasteiger partial charge is 0.270 e. The molecule has 2 heterocycles. The second-order valence-corrected chi connectivity index (χ2v) is 7.56. The molecule has 1 aromatic heterocycles. The van der Waals surface area contributed by atoms with E-state index in [0.29, 0.717) is 41.9 Å². The lowest BCUT2D eigenvalue weighted by atomic mass is 9.85. The molecule has 1 aliphatic carbocycles. The lowest BCUT2D eigenvalue weighted by Crippen LogP contribution is -2.31. The molecule has 0 saturated heterocycles. The van der Waals surface area contributed by atoms with Crippen LogP contribution in [0, 0.1) is 20.2 Å². The van der Waals surface area contributed by atoms with Gasteiger partial charge in [0.1, 0.15) is 6.04 Å². The number of carbonyl (C=O) groups is 1. The minimum Gasteiger partial charge on any atom is -0.328 e. The Hall–Kier alpha value is -4.41. The number of allylic oxidation sites excluding steroid dienone is 2. The second-order valence-electron chi connectivity index (χ2n) is 7.56. The number of aromatic nitrogens is 3. The summed E-state index contributed by atoms with van der Waals surface area (Å²) in [4.78, 5) is 38.6. The zero-order valence-corrected chi connectivity index (χ0v) is 16.6. The van der Waals surface area contributed by atoms with Gasteiger partial charge in [-0.05, 0) is 30.5 Å². The summed E-state index contributed by atoms with van der Waals surface area (Å²) in [7, 11) is 0. The lowest BCUT2D eigenvalue weighted by molar-refractivity contribution is -0.385. The number of hydrogen-bond acceptors (Lipinski definition) is 8. The molecular formula is C21H16N6O5. The molecule has 11 nitrogen and oxygen atoms in total. The van der Waals surface area contributed by atoms with Crippen molar-refractivity contribution < 1.29 is 14.6 Å². The summed E-state index contributed by atoms with van der Waals surface area (Å²) in [6.45, 7) is 0. The molecule has 1 aliphatic heterocycles. The van der Waals surface area contributed by atoms with Crippen LogP contribution in [-0.4, -0.2) is 30.4 Å². The number of nitrogens with one attached hydrogen (secondary N) is 1. The maximum atomic E-state index is 12.9. The Bertz CT molecular complexity index is 1310. The van der Waals surface area contributed by atoms with E-state index in [2.05, 4.69) is 15.4 Å². The summed E-state index contributed by atoms with van der Waals surface area (Å²) in [5, 5.41) is 30.0. The Labute approximate surface area is 180 Å². The zero-order valence-electron chi connectivity index (χ0n) is 16.6. The van der Waals surface area contributed by atoms with Crippen molar-refractivity contribution >= 4 is 23.1 Å². The second kappa shape index (κ2) is 7.38. The first kappa shape index (κ1) is 19.5. The molecule has 0 saturated carbocycles. The number of Topliss-reactive ketones (excluding diaryl/α,β-unsaturated/α-hetero) is 1. The topological polar surface area (TPSA) is 146 Å². The van der Waals surface area contributed by atoms with Crippen LogP contribution in [-0.2, 0) is 4.79 Å². The number of ketones is 1. The Kier molecular flexibility index (Phi) is 4.51. The summed E-state index contributed by atoms with van der Waals surface area (Å²) >= 11 is 0. The molecule has 2 aromatic carbocycles. The van der Waals surface area contributed by atoms with E-state index in [4.69, 9.17) is 0 Å². The number of nitro benzene ring substituents is 2. The van der Waals surface area contributed by atoms with Crippen molar-refractivity contribution in [1.82, 2.24) is 14.8 Å². The predicted octanol–water partition coefficient (Wildman–Crippen LogP) is 3.78. The highest BCUT2D eigenvalue weighted by Crippen LogP contribution is 2.41. The first-order valence-electron chi connectivity index (χ1n) is 9.91. The van der Waals surface area contributed by atoms with Gasteiger partial charge in [-0.1, -0.05) is 12.1 Å². The fourth-order valence-corrected chi connectivity index (χ4v) is 4.12. The van der Waals surface area contributed by atoms with Crippen molar-refractivity contribution in [2.75, 3.05) is 5.32 Å². The summed E-state index contributed by atoms with van der Waals surface area (Å²) in [5.74, 6) is 0.666. The first-order valence-corrected chi connectivity index (χ1v) is 9.91. The van der Waals surface area contributed by atoms with E-state index in [-0.39, 0.29) is 23.0 Å². The summed E-state index contributed by atoms with van der Waals surface area (Å²) in [5.41, 5.74) is 2.32. The molecule has 1 N–H and O–H groups in total. The third kappa shape index (κ3) is 3.20. The average molecular weight is 432 g/mol. The molecule has 5 rings (SSSR count). The molecule has 0 bridgehead atoms. The van der Waals surface area contributed by atoms with E-state index < -0.39 is 15.9 Å². The van der Waals surface area contributed by atoms with Crippen molar-refractivity contribution in [1.29, 1.82) is 0 Å². The van der Waals surface area contributed by atoms with E-state index >= 15 is 0 Å². The monoisotopic (exact) mass is 432 g/mol. The summed E-state index contributed by atoms with van der Waals surface area (Å²) in [6, 6.07) is 11.4. The molecule has 0 radical (unpaired) electrons. The van der Waals surface area contributed by atoms with Crippen LogP contribution in [0.25, 0.3) is 11.4 Å². The van der Waals surface area contributed by atoms with E-state index in [1.165, 1.54) is 24.3 Å². The largest absolute Gasteiger partial charge is 0.328 e. The molecule has 1 atom stereocenters. The summed E-state index contributed by atoms with van der Waals surface area (Å²) in [6.07, 6.45) is 1.79. The molecular weight excluding hydrogens is 416 g/mol. The van der Waals surface area contributed by atoms with Gasteiger partial charge in [-0.15, -0.1) is 5.10 Å². The molecule has 0 fully saturated rings. The van der Waals surface area contributed by atoms with Gasteiger partial charge >= 0.3 is 0 Å². The molecule has 11 heteroatoms. The van der Waals surface area contributed by atoms with Crippen LogP contribution in [0.15, 0.2) is 59.8 Å². The SMILES string of the molecule is O=C1CCCC2=C1C(c1ccc([N+](=O)[O-])cc1)n1nc(-c3cccc([N+](=O)[O-])c3)nc1N2. The fourth-order valence-electron chi connectivity index (χ4n) is 4.12. The van der Waals surface area contributed by atoms with Gasteiger partial charge in [0.25, 0.3) is 11.4 Å². The molecule has 0 spiro atoms. The molecule has 2 aliphatic rings. The Morgan fingerprint density at radius 2 is 1.75 bits per heavy atom. The number of hydrogen-bond donors (Lipinski definition) is 1. The van der Waals surface area contributed by atoms with Gasteiger partial charge < -0.3 is 5.32 Å². The van der Waals surface area contributed by atoms with Crippen LogP contribution in [0.5, 0.6) is 0 Å². The maximum Gasteiger partial charge on any atom is 0.270 e. The lowest BCUT2D eigenvalue weighted by Gasteiger charge is -2.32. The van der Waals surface area contributed by atoms with Crippen LogP contribution in [0.4, 0.5) is 17.3 Å². The van der Waals surface area contributed by atoms with E-state index in [9.17, 15) is 25.0 Å². The van der Waals surface area contributed by atoms with Gasteiger partial charge in [0.05, 0.1) is 9.85 Å². The maximum absolute atomic E-state index is 12.9. The highest BCUT2D eigenvalue weighted by Gasteiger charge is 2.37. The fraction of sp³-hybridized carbons (Fsp3) is 0.190. The van der Waals surface area contributed by atoms with Gasteiger partial charge in [0.2, 0.25) is 5.95 Å². The number of rotatable bonds is 4. The van der Waals surface area contributed by atoms with Crippen molar-refractivity contribution in [2.24, 2.45) is 0 Å². The van der Waals surface area contributed by atoms with Crippen LogP contribution in [0.1, 0.15) is 30.9 Å². The number of non-ortho nitro benzene ring substituents is 2. The molecule has 0 amide bonds. The number of carbonyl (C=O) groups excluding carboxylic acids is 1. The Morgan fingerprint density at radius 3 is 2.47 bits per heavy atom. The van der Waals surface area contributed by atoms with Crippen molar-refractivity contribution in [2.45, 2.75) is 25.3 Å². The van der Waals surface area contributed by atoms with Crippen molar-refractivity contribution in [3.63, 3.8) is 0 Å². The molecule has 32 heavy (non-hydrogen) atoms. The number of nitro groups is 2. The number of nitrogens with zero attached hydrogens (tertiary/aromatic N) is 5. The standard InChI is InChI=1S/C21H16N6O5/c28-17-6-2-5-16-18(17)19(12-7-9-14(10-8-12)26(29)30)25-21(22-16)23-20(24-25)13-3-1-4-15(11-13)27(31)32/h1,3-4,7-11,19H,2,5-6H2,(H,22,23,24). The van der Waals surface area contributed by atoms with Crippen LogP contribution in [0.3, 0.4) is 0 Å². The number of benzene rings is 2. The minimum atomic E-state index is -0.602.